The van der Waals surface area contributed by atoms with E-state index in [0.717, 1.165) is 5.56 Å². The molecule has 0 aliphatic rings. The van der Waals surface area contributed by atoms with Gasteiger partial charge in [0.05, 0.1) is 6.10 Å². The molecule has 0 aromatic heterocycles. The van der Waals surface area contributed by atoms with Gasteiger partial charge in [0, 0.05) is 12.6 Å². The van der Waals surface area contributed by atoms with E-state index in [0.29, 0.717) is 18.5 Å². The molecule has 0 saturated carbocycles. The van der Waals surface area contributed by atoms with Crippen LogP contribution >= 0.6 is 0 Å². The summed E-state index contributed by atoms with van der Waals surface area (Å²) in [6.45, 7) is 4.47. The van der Waals surface area contributed by atoms with Crippen LogP contribution in [0.5, 0.6) is 0 Å². The number of hydrogen-bond acceptors (Lipinski definition) is 2. The number of aliphatic hydroxyl groups excluding tert-OH is 1. The molecule has 0 radical (unpaired) electrons. The van der Waals surface area contributed by atoms with Gasteiger partial charge in [0.15, 0.2) is 0 Å². The van der Waals surface area contributed by atoms with Gasteiger partial charge in [-0.25, -0.2) is 4.39 Å². The molecule has 3 heteroatoms. The maximum absolute atomic E-state index is 13.6. The second-order valence-corrected chi connectivity index (χ2v) is 5.53. The molecule has 0 aliphatic carbocycles. The highest BCUT2D eigenvalue weighted by Crippen LogP contribution is 2.14. The zero-order valence-corrected chi connectivity index (χ0v) is 12.5. The minimum atomic E-state index is -0.548. The van der Waals surface area contributed by atoms with Gasteiger partial charge >= 0.3 is 0 Å². The van der Waals surface area contributed by atoms with Crippen LogP contribution in [0.3, 0.4) is 0 Å². The van der Waals surface area contributed by atoms with Gasteiger partial charge in [-0.15, -0.1) is 0 Å². The lowest BCUT2D eigenvalue weighted by atomic mass is 10.0. The Labute approximate surface area is 125 Å². The van der Waals surface area contributed by atoms with Crippen molar-refractivity contribution in [1.82, 2.24) is 5.32 Å². The summed E-state index contributed by atoms with van der Waals surface area (Å²) in [5, 5.41) is 13.4. The van der Waals surface area contributed by atoms with E-state index in [-0.39, 0.29) is 11.9 Å². The van der Waals surface area contributed by atoms with Gasteiger partial charge in [0.2, 0.25) is 0 Å². The van der Waals surface area contributed by atoms with Crippen LogP contribution in [0.1, 0.15) is 29.7 Å². The van der Waals surface area contributed by atoms with Crippen LogP contribution in [0, 0.1) is 12.7 Å². The topological polar surface area (TPSA) is 32.3 Å². The Morgan fingerprint density at radius 3 is 2.43 bits per heavy atom. The van der Waals surface area contributed by atoms with Crippen molar-refractivity contribution >= 4 is 0 Å². The molecule has 2 nitrogen and oxygen atoms in total. The van der Waals surface area contributed by atoms with Crippen LogP contribution in [0.2, 0.25) is 0 Å². The Bertz CT molecular complexity index is 568. The highest BCUT2D eigenvalue weighted by molar-refractivity contribution is 5.23. The fourth-order valence-corrected chi connectivity index (χ4v) is 2.29. The normalized spacial score (nSPS) is 13.9. The van der Waals surface area contributed by atoms with Gasteiger partial charge in [0.25, 0.3) is 0 Å². The minimum absolute atomic E-state index is 0.0991. The average molecular weight is 287 g/mol. The summed E-state index contributed by atoms with van der Waals surface area (Å²) < 4.78 is 13.6. The summed E-state index contributed by atoms with van der Waals surface area (Å²) in [7, 11) is 0. The van der Waals surface area contributed by atoms with Gasteiger partial charge in [0.1, 0.15) is 5.82 Å². The quantitative estimate of drug-likeness (QED) is 0.853. The van der Waals surface area contributed by atoms with Crippen LogP contribution in [-0.4, -0.2) is 17.7 Å². The third-order valence-electron chi connectivity index (χ3n) is 3.61. The molecule has 0 saturated heterocycles. The van der Waals surface area contributed by atoms with Crippen molar-refractivity contribution in [3.05, 3.63) is 71.0 Å². The molecule has 0 amide bonds. The molecule has 2 atom stereocenters. The molecule has 2 rings (SSSR count). The van der Waals surface area contributed by atoms with E-state index in [9.17, 15) is 9.50 Å². The van der Waals surface area contributed by atoms with Crippen LogP contribution in [0.15, 0.2) is 48.5 Å². The number of benzene rings is 2. The van der Waals surface area contributed by atoms with E-state index in [1.807, 2.05) is 44.2 Å². The van der Waals surface area contributed by atoms with E-state index in [1.165, 1.54) is 11.6 Å². The van der Waals surface area contributed by atoms with Crippen LogP contribution in [0.25, 0.3) is 0 Å². The summed E-state index contributed by atoms with van der Waals surface area (Å²) >= 11 is 0. The Morgan fingerprint density at radius 1 is 1.10 bits per heavy atom. The second-order valence-electron chi connectivity index (χ2n) is 5.53. The number of hydrogen-bond donors (Lipinski definition) is 2. The van der Waals surface area contributed by atoms with Gasteiger partial charge in [-0.2, -0.15) is 0 Å². The molecule has 112 valence electrons. The minimum Gasteiger partial charge on any atom is -0.387 e. The highest BCUT2D eigenvalue weighted by Gasteiger charge is 2.11. The third kappa shape index (κ3) is 4.66. The molecule has 2 aromatic rings. The second kappa shape index (κ2) is 7.34. The highest BCUT2D eigenvalue weighted by atomic mass is 19.1. The summed E-state index contributed by atoms with van der Waals surface area (Å²) in [4.78, 5) is 0. The molecule has 0 spiro atoms. The van der Waals surface area contributed by atoms with E-state index in [1.54, 1.807) is 12.1 Å². The molecule has 21 heavy (non-hydrogen) atoms. The lowest BCUT2D eigenvalue weighted by Gasteiger charge is -2.18. The summed E-state index contributed by atoms with van der Waals surface area (Å²) in [6.07, 6.45) is 0.0569. The van der Waals surface area contributed by atoms with E-state index in [4.69, 9.17) is 0 Å². The fraction of sp³-hybridized carbons (Fsp3) is 0.333. The first-order chi connectivity index (χ1) is 10.1. The van der Waals surface area contributed by atoms with Crippen molar-refractivity contribution < 1.29 is 9.50 Å². The zero-order valence-electron chi connectivity index (χ0n) is 12.5. The lowest BCUT2D eigenvalue weighted by Crippen LogP contribution is -2.32. The number of aliphatic hydroxyl groups is 1. The molecular formula is C18H22FNO. The largest absolute Gasteiger partial charge is 0.387 e. The van der Waals surface area contributed by atoms with E-state index >= 15 is 0 Å². The van der Waals surface area contributed by atoms with Gasteiger partial charge in [-0.05, 0) is 37.5 Å². The molecule has 0 heterocycles. The maximum atomic E-state index is 13.6. The molecule has 2 aromatic carbocycles. The van der Waals surface area contributed by atoms with Gasteiger partial charge in [-0.1, -0.05) is 48.0 Å². The summed E-state index contributed by atoms with van der Waals surface area (Å²) in [6, 6.07) is 14.7. The van der Waals surface area contributed by atoms with Gasteiger partial charge < -0.3 is 10.4 Å². The molecule has 0 fully saturated rings. The SMILES string of the molecule is Cc1ccc(C(O)CNC(C)Cc2ccccc2F)cc1. The maximum Gasteiger partial charge on any atom is 0.126 e. The van der Waals surface area contributed by atoms with Crippen molar-refractivity contribution in [3.63, 3.8) is 0 Å². The van der Waals surface area contributed by atoms with E-state index in [2.05, 4.69) is 5.32 Å². The predicted octanol–water partition coefficient (Wildman–Crippen LogP) is 3.39. The Kier molecular flexibility index (Phi) is 5.48. The molecule has 0 aliphatic heterocycles. The molecule has 0 bridgehead atoms. The van der Waals surface area contributed by atoms with Crippen LogP contribution in [-0.2, 0) is 6.42 Å². The summed E-state index contributed by atoms with van der Waals surface area (Å²) in [5.74, 6) is -0.176. The van der Waals surface area contributed by atoms with Crippen LogP contribution < -0.4 is 5.32 Å². The number of aryl methyl sites for hydroxylation is 1. The monoisotopic (exact) mass is 287 g/mol. The lowest BCUT2D eigenvalue weighted by molar-refractivity contribution is 0.170. The molecule has 2 unspecified atom stereocenters. The molecule has 2 N–H and O–H groups in total. The predicted molar refractivity (Wildman–Crippen MR) is 83.7 cm³/mol. The first-order valence-electron chi connectivity index (χ1n) is 7.27. The van der Waals surface area contributed by atoms with Crippen molar-refractivity contribution in [2.24, 2.45) is 0 Å². The number of halogens is 1. The average Bonchev–Trinajstić information content (AvgIpc) is 2.48. The Hall–Kier alpha value is -1.71. The third-order valence-corrected chi connectivity index (χ3v) is 3.61. The fourth-order valence-electron chi connectivity index (χ4n) is 2.29. The Morgan fingerprint density at radius 2 is 1.76 bits per heavy atom. The van der Waals surface area contributed by atoms with Gasteiger partial charge in [-0.3, -0.25) is 0 Å². The van der Waals surface area contributed by atoms with Crippen molar-refractivity contribution in [3.8, 4) is 0 Å². The van der Waals surface area contributed by atoms with Crippen LogP contribution in [0.4, 0.5) is 4.39 Å². The summed E-state index contributed by atoms with van der Waals surface area (Å²) in [5.41, 5.74) is 2.76. The smallest absolute Gasteiger partial charge is 0.126 e. The Balaban J connectivity index is 1.85. The zero-order chi connectivity index (χ0) is 15.2. The molecular weight excluding hydrogens is 265 g/mol. The number of nitrogens with one attached hydrogen (secondary N) is 1. The van der Waals surface area contributed by atoms with Crippen molar-refractivity contribution in [2.45, 2.75) is 32.4 Å². The number of rotatable bonds is 6. The standard InChI is InChI=1S/C18H22FNO/c1-13-7-9-15(10-8-13)18(21)12-20-14(2)11-16-5-3-4-6-17(16)19/h3-10,14,18,20-21H,11-12H2,1-2H3. The van der Waals surface area contributed by atoms with E-state index < -0.39 is 6.10 Å². The van der Waals surface area contributed by atoms with Crippen molar-refractivity contribution in [2.75, 3.05) is 6.54 Å². The first kappa shape index (κ1) is 15.7. The first-order valence-corrected chi connectivity index (χ1v) is 7.27. The van der Waals surface area contributed by atoms with Crippen molar-refractivity contribution in [1.29, 1.82) is 0 Å².